The summed E-state index contributed by atoms with van der Waals surface area (Å²) in [5.74, 6) is 0.924. The number of hydrogen-bond acceptors (Lipinski definition) is 6. The lowest BCUT2D eigenvalue weighted by Gasteiger charge is -2.07. The summed E-state index contributed by atoms with van der Waals surface area (Å²) in [6, 6.07) is 28.7. The zero-order valence-electron chi connectivity index (χ0n) is 19.7. The quantitative estimate of drug-likeness (QED) is 0.277. The van der Waals surface area contributed by atoms with Crippen LogP contribution in [0.2, 0.25) is 0 Å². The molecule has 0 atom stereocenters. The summed E-state index contributed by atoms with van der Waals surface area (Å²) in [6.07, 6.45) is 0. The SMILES string of the molecule is COc1ccc2oc(-c3ccc(NC(=O)c4ccc(-c5cc6ccccc6oc5=O)cc4)cc3)nc2c1. The van der Waals surface area contributed by atoms with Crippen molar-refractivity contribution in [1.29, 1.82) is 0 Å². The third kappa shape index (κ3) is 4.34. The highest BCUT2D eigenvalue weighted by Crippen LogP contribution is 2.28. The molecular weight excluding hydrogens is 468 g/mol. The first-order valence-electron chi connectivity index (χ1n) is 11.6. The fourth-order valence-corrected chi connectivity index (χ4v) is 4.12. The average Bonchev–Trinajstić information content (AvgIpc) is 3.36. The van der Waals surface area contributed by atoms with Gasteiger partial charge in [-0.1, -0.05) is 30.3 Å². The van der Waals surface area contributed by atoms with Gasteiger partial charge in [0.1, 0.15) is 16.8 Å². The second-order valence-corrected chi connectivity index (χ2v) is 8.45. The molecule has 180 valence electrons. The smallest absolute Gasteiger partial charge is 0.344 e. The van der Waals surface area contributed by atoms with E-state index in [4.69, 9.17) is 13.6 Å². The van der Waals surface area contributed by atoms with Gasteiger partial charge in [0, 0.05) is 28.3 Å². The molecule has 2 heterocycles. The fraction of sp³-hybridized carbons (Fsp3) is 0.0333. The molecule has 6 rings (SSSR count). The van der Waals surface area contributed by atoms with Gasteiger partial charge in [0.15, 0.2) is 5.58 Å². The predicted molar refractivity (Wildman–Crippen MR) is 142 cm³/mol. The summed E-state index contributed by atoms with van der Waals surface area (Å²) in [6.45, 7) is 0. The maximum atomic E-state index is 12.8. The number of ether oxygens (including phenoxy) is 1. The lowest BCUT2D eigenvalue weighted by atomic mass is 10.0. The highest BCUT2D eigenvalue weighted by molar-refractivity contribution is 6.04. The third-order valence-corrected chi connectivity index (χ3v) is 6.08. The Bertz CT molecular complexity index is 1820. The molecule has 7 heteroatoms. The molecule has 2 aromatic heterocycles. The molecule has 0 bridgehead atoms. The Balaban J connectivity index is 1.18. The molecule has 1 N–H and O–H groups in total. The van der Waals surface area contributed by atoms with Gasteiger partial charge in [0.25, 0.3) is 5.91 Å². The minimum atomic E-state index is -0.422. The molecule has 0 fully saturated rings. The number of carbonyl (C=O) groups excluding carboxylic acids is 1. The fourth-order valence-electron chi connectivity index (χ4n) is 4.12. The standard InChI is InChI=1S/C30H20N2O5/c1-35-23-14-15-27-25(17-23)32-29(36-27)20-10-12-22(13-11-20)31-28(33)19-8-6-18(7-9-19)24-16-21-4-2-3-5-26(21)37-30(24)34/h2-17H,1H3,(H,31,33). The molecule has 6 aromatic rings. The number of para-hydroxylation sites is 1. The van der Waals surface area contributed by atoms with Crippen LogP contribution in [0.1, 0.15) is 10.4 Å². The van der Waals surface area contributed by atoms with Crippen LogP contribution in [0.25, 0.3) is 44.7 Å². The molecule has 1 amide bonds. The van der Waals surface area contributed by atoms with E-state index < -0.39 is 5.63 Å². The second-order valence-electron chi connectivity index (χ2n) is 8.45. The first kappa shape index (κ1) is 22.3. The summed E-state index contributed by atoms with van der Waals surface area (Å²) < 4.78 is 16.5. The molecule has 0 radical (unpaired) electrons. The summed E-state index contributed by atoms with van der Waals surface area (Å²) in [5.41, 5.74) is 4.48. The Labute approximate surface area is 211 Å². The summed E-state index contributed by atoms with van der Waals surface area (Å²) in [5, 5.41) is 3.72. The van der Waals surface area contributed by atoms with Crippen molar-refractivity contribution in [2.45, 2.75) is 0 Å². The third-order valence-electron chi connectivity index (χ3n) is 6.08. The number of hydrogen-bond donors (Lipinski definition) is 1. The Morgan fingerprint density at radius 1 is 0.811 bits per heavy atom. The van der Waals surface area contributed by atoms with Crippen molar-refractivity contribution in [3.63, 3.8) is 0 Å². The number of anilines is 1. The molecule has 0 aliphatic rings. The number of rotatable bonds is 5. The maximum absolute atomic E-state index is 12.8. The van der Waals surface area contributed by atoms with Crippen molar-refractivity contribution < 1.29 is 18.4 Å². The van der Waals surface area contributed by atoms with Crippen LogP contribution in [0.3, 0.4) is 0 Å². The van der Waals surface area contributed by atoms with Gasteiger partial charge >= 0.3 is 5.63 Å². The predicted octanol–water partition coefficient (Wildman–Crippen LogP) is 6.53. The maximum Gasteiger partial charge on any atom is 0.344 e. The number of carbonyl (C=O) groups is 1. The number of benzene rings is 4. The molecule has 7 nitrogen and oxygen atoms in total. The van der Waals surface area contributed by atoms with Crippen LogP contribution in [0.15, 0.2) is 111 Å². The van der Waals surface area contributed by atoms with E-state index in [9.17, 15) is 9.59 Å². The monoisotopic (exact) mass is 488 g/mol. The second kappa shape index (κ2) is 9.13. The van der Waals surface area contributed by atoms with Crippen molar-refractivity contribution in [1.82, 2.24) is 4.98 Å². The topological polar surface area (TPSA) is 94.6 Å². The van der Waals surface area contributed by atoms with E-state index >= 15 is 0 Å². The van der Waals surface area contributed by atoms with Crippen LogP contribution >= 0.6 is 0 Å². The van der Waals surface area contributed by atoms with Crippen molar-refractivity contribution >= 4 is 33.7 Å². The first-order chi connectivity index (χ1) is 18.1. The van der Waals surface area contributed by atoms with Crippen LogP contribution < -0.4 is 15.7 Å². The lowest BCUT2D eigenvalue weighted by molar-refractivity contribution is 0.102. The number of oxazole rings is 1. The molecule has 0 aliphatic carbocycles. The van der Waals surface area contributed by atoms with Gasteiger partial charge in [-0.2, -0.15) is 0 Å². The highest BCUT2D eigenvalue weighted by Gasteiger charge is 2.12. The molecule has 0 aliphatic heterocycles. The van der Waals surface area contributed by atoms with E-state index in [-0.39, 0.29) is 5.91 Å². The van der Waals surface area contributed by atoms with Gasteiger partial charge in [-0.3, -0.25) is 4.79 Å². The molecule has 0 unspecified atom stereocenters. The molecular formula is C30H20N2O5. The zero-order chi connectivity index (χ0) is 25.4. The number of nitrogens with zero attached hydrogens (tertiary/aromatic N) is 1. The largest absolute Gasteiger partial charge is 0.497 e. The van der Waals surface area contributed by atoms with Crippen LogP contribution in [0.5, 0.6) is 5.75 Å². The van der Waals surface area contributed by atoms with E-state index in [0.717, 1.165) is 10.9 Å². The zero-order valence-corrected chi connectivity index (χ0v) is 19.7. The van der Waals surface area contributed by atoms with Crippen LogP contribution in [-0.4, -0.2) is 18.0 Å². The molecule has 0 saturated heterocycles. The summed E-state index contributed by atoms with van der Waals surface area (Å²) in [7, 11) is 1.60. The summed E-state index contributed by atoms with van der Waals surface area (Å²) >= 11 is 0. The molecule has 0 spiro atoms. The number of fused-ring (bicyclic) bond motifs is 2. The van der Waals surface area contributed by atoms with Gasteiger partial charge in [0.2, 0.25) is 5.89 Å². The molecule has 0 saturated carbocycles. The number of nitrogens with one attached hydrogen (secondary N) is 1. The highest BCUT2D eigenvalue weighted by atomic mass is 16.5. The van der Waals surface area contributed by atoms with E-state index in [1.54, 1.807) is 55.6 Å². The minimum Gasteiger partial charge on any atom is -0.497 e. The van der Waals surface area contributed by atoms with Gasteiger partial charge < -0.3 is 18.9 Å². The first-order valence-corrected chi connectivity index (χ1v) is 11.6. The van der Waals surface area contributed by atoms with Crippen LogP contribution in [-0.2, 0) is 0 Å². The number of amides is 1. The van der Waals surface area contributed by atoms with E-state index in [1.165, 1.54) is 0 Å². The molecule has 37 heavy (non-hydrogen) atoms. The molecule has 4 aromatic carbocycles. The van der Waals surface area contributed by atoms with Gasteiger partial charge in [-0.05, 0) is 66.2 Å². The minimum absolute atomic E-state index is 0.265. The van der Waals surface area contributed by atoms with Crippen LogP contribution in [0.4, 0.5) is 5.69 Å². The normalized spacial score (nSPS) is 11.1. The average molecular weight is 488 g/mol. The van der Waals surface area contributed by atoms with Gasteiger partial charge in [-0.25, -0.2) is 9.78 Å². The summed E-state index contributed by atoms with van der Waals surface area (Å²) in [4.78, 5) is 29.8. The number of methoxy groups -OCH3 is 1. The van der Waals surface area contributed by atoms with Gasteiger partial charge in [-0.15, -0.1) is 0 Å². The number of aromatic nitrogens is 1. The Kier molecular flexibility index (Phi) is 5.50. The van der Waals surface area contributed by atoms with Crippen molar-refractivity contribution in [3.8, 4) is 28.3 Å². The Morgan fingerprint density at radius 3 is 2.35 bits per heavy atom. The Hall–Kier alpha value is -5.17. The van der Waals surface area contributed by atoms with Crippen LogP contribution in [0, 0.1) is 0 Å². The van der Waals surface area contributed by atoms with E-state index in [1.807, 2.05) is 48.5 Å². The van der Waals surface area contributed by atoms with E-state index in [2.05, 4.69) is 10.3 Å². The Morgan fingerprint density at radius 2 is 1.57 bits per heavy atom. The van der Waals surface area contributed by atoms with Crippen molar-refractivity contribution in [2.24, 2.45) is 0 Å². The van der Waals surface area contributed by atoms with Crippen molar-refractivity contribution in [3.05, 3.63) is 113 Å². The van der Waals surface area contributed by atoms with Gasteiger partial charge in [0.05, 0.1) is 12.7 Å². The lowest BCUT2D eigenvalue weighted by Crippen LogP contribution is -2.11. The van der Waals surface area contributed by atoms with E-state index in [0.29, 0.717) is 50.7 Å². The van der Waals surface area contributed by atoms with Crippen molar-refractivity contribution in [2.75, 3.05) is 12.4 Å².